The van der Waals surface area contributed by atoms with Crippen molar-refractivity contribution in [1.82, 2.24) is 0 Å². The van der Waals surface area contributed by atoms with E-state index in [1.165, 1.54) is 0 Å². The number of rotatable bonds is 7. The van der Waals surface area contributed by atoms with Crippen LogP contribution in [0.4, 0.5) is 0 Å². The first kappa shape index (κ1) is 24.8. The maximum absolute atomic E-state index is 12.7. The molecule has 0 aromatic heterocycles. The summed E-state index contributed by atoms with van der Waals surface area (Å²) in [6, 6.07) is 31.8. The van der Waals surface area contributed by atoms with E-state index in [1.807, 2.05) is 78.9 Å². The smallest absolute Gasteiger partial charge is 0.186 e. The molecular weight excluding hydrogens is 472 g/mol. The van der Waals surface area contributed by atoms with Gasteiger partial charge in [-0.1, -0.05) is 60.7 Å². The topological polar surface area (TPSA) is 44.8 Å². The number of fused-ring (bicyclic) bond motifs is 1. The highest BCUT2D eigenvalue weighted by Gasteiger charge is 2.20. The Morgan fingerprint density at radius 3 is 1.47 bits per heavy atom. The van der Waals surface area contributed by atoms with Crippen molar-refractivity contribution in [2.45, 2.75) is 0 Å². The summed E-state index contributed by atoms with van der Waals surface area (Å²) >= 11 is 0. The van der Waals surface area contributed by atoms with E-state index in [0.717, 1.165) is 56.2 Å². The van der Waals surface area contributed by atoms with Crippen LogP contribution in [0.25, 0.3) is 16.7 Å². The van der Waals surface area contributed by atoms with E-state index in [-0.39, 0.29) is 5.78 Å². The summed E-state index contributed by atoms with van der Waals surface area (Å²) in [6.45, 7) is 0. The average molecular weight is 501 g/mol. The first-order valence-corrected chi connectivity index (χ1v) is 12.3. The van der Waals surface area contributed by atoms with Gasteiger partial charge in [0.1, 0.15) is 17.2 Å². The zero-order valence-corrected chi connectivity index (χ0v) is 21.6. The predicted molar refractivity (Wildman–Crippen MR) is 153 cm³/mol. The summed E-state index contributed by atoms with van der Waals surface area (Å²) in [7, 11) is 4.98. The van der Waals surface area contributed by atoms with Crippen LogP contribution in [0.5, 0.6) is 17.2 Å². The van der Waals surface area contributed by atoms with E-state index >= 15 is 0 Å². The van der Waals surface area contributed by atoms with E-state index < -0.39 is 0 Å². The zero-order valence-electron chi connectivity index (χ0n) is 21.6. The summed E-state index contributed by atoms with van der Waals surface area (Å²) < 4.78 is 16.2. The normalized spacial score (nSPS) is 13.4. The van der Waals surface area contributed by atoms with Crippen LogP contribution >= 0.6 is 0 Å². The monoisotopic (exact) mass is 500 g/mol. The SMILES string of the molecule is COc1ccc(C(=C/C(=C2\C=CC(=O)c3ccccc32)c2ccc(OC)cc2)c2ccc(OC)cc2)cc1. The van der Waals surface area contributed by atoms with Crippen LogP contribution in [-0.4, -0.2) is 27.1 Å². The number of benzene rings is 4. The van der Waals surface area contributed by atoms with E-state index in [2.05, 4.69) is 30.3 Å². The number of carbonyl (C=O) groups excluding carboxylic acids is 1. The molecule has 4 aromatic carbocycles. The number of ketones is 1. The molecule has 4 nitrogen and oxygen atoms in total. The molecule has 0 heterocycles. The highest BCUT2D eigenvalue weighted by molar-refractivity contribution is 6.17. The van der Waals surface area contributed by atoms with Crippen molar-refractivity contribution in [3.8, 4) is 17.2 Å². The minimum Gasteiger partial charge on any atom is -0.497 e. The Labute approximate surface area is 223 Å². The third-order valence-electron chi connectivity index (χ3n) is 6.67. The van der Waals surface area contributed by atoms with Gasteiger partial charge in [-0.15, -0.1) is 0 Å². The van der Waals surface area contributed by atoms with Crippen LogP contribution in [0.2, 0.25) is 0 Å². The van der Waals surface area contributed by atoms with Crippen molar-refractivity contribution in [3.63, 3.8) is 0 Å². The number of hydrogen-bond donors (Lipinski definition) is 0. The van der Waals surface area contributed by atoms with Gasteiger partial charge in [0.05, 0.1) is 21.3 Å². The summed E-state index contributed by atoms with van der Waals surface area (Å²) in [5, 5.41) is 0. The lowest BCUT2D eigenvalue weighted by Crippen LogP contribution is -2.06. The minimum absolute atomic E-state index is 0.00735. The quantitative estimate of drug-likeness (QED) is 0.263. The van der Waals surface area contributed by atoms with Crippen LogP contribution < -0.4 is 14.2 Å². The highest BCUT2D eigenvalue weighted by atomic mass is 16.5. The second-order valence-corrected chi connectivity index (χ2v) is 8.81. The molecule has 0 unspecified atom stereocenters. The van der Waals surface area contributed by atoms with Crippen LogP contribution in [0.15, 0.2) is 115 Å². The standard InChI is InChI=1S/C34H28O4/c1-36-26-14-8-23(9-15-26)32(24-10-16-27(37-2)17-11-24)22-33(25-12-18-28(38-3)19-13-25)30-20-21-34(35)31-7-5-4-6-29(30)31/h4-22H,1-3H3/b33-30-. The summed E-state index contributed by atoms with van der Waals surface area (Å²) in [5.41, 5.74) is 7.67. The van der Waals surface area contributed by atoms with E-state index in [1.54, 1.807) is 27.4 Å². The van der Waals surface area contributed by atoms with Gasteiger partial charge >= 0.3 is 0 Å². The van der Waals surface area contributed by atoms with Crippen LogP contribution in [0.1, 0.15) is 32.6 Å². The fraction of sp³-hybridized carbons (Fsp3) is 0.0882. The molecule has 0 aliphatic heterocycles. The van der Waals surface area contributed by atoms with Crippen molar-refractivity contribution in [2.24, 2.45) is 0 Å². The predicted octanol–water partition coefficient (Wildman–Crippen LogP) is 7.51. The molecule has 4 aromatic rings. The van der Waals surface area contributed by atoms with Crippen LogP contribution in [0.3, 0.4) is 0 Å². The number of hydrogen-bond acceptors (Lipinski definition) is 4. The largest absolute Gasteiger partial charge is 0.497 e. The fourth-order valence-electron chi connectivity index (χ4n) is 4.61. The Kier molecular flexibility index (Phi) is 7.23. The lowest BCUT2D eigenvalue weighted by molar-refractivity contribution is 0.104. The van der Waals surface area contributed by atoms with Gasteiger partial charge in [0, 0.05) is 5.56 Å². The van der Waals surface area contributed by atoms with Gasteiger partial charge in [-0.05, 0) is 93.6 Å². The summed E-state index contributed by atoms with van der Waals surface area (Å²) in [4.78, 5) is 12.7. The molecule has 5 rings (SSSR count). The van der Waals surface area contributed by atoms with Crippen molar-refractivity contribution in [3.05, 3.63) is 143 Å². The number of allylic oxidation sites excluding steroid dienone is 5. The van der Waals surface area contributed by atoms with Gasteiger partial charge in [-0.25, -0.2) is 0 Å². The minimum atomic E-state index is 0.00735. The van der Waals surface area contributed by atoms with Gasteiger partial charge < -0.3 is 14.2 Å². The van der Waals surface area contributed by atoms with Gasteiger partial charge in [-0.3, -0.25) is 4.79 Å². The number of carbonyl (C=O) groups is 1. The molecule has 38 heavy (non-hydrogen) atoms. The molecule has 1 aliphatic rings. The van der Waals surface area contributed by atoms with E-state index in [4.69, 9.17) is 14.2 Å². The molecule has 0 saturated carbocycles. The Bertz CT molecular complexity index is 1490. The summed E-state index contributed by atoms with van der Waals surface area (Å²) in [5.74, 6) is 2.37. The number of methoxy groups -OCH3 is 3. The molecule has 188 valence electrons. The van der Waals surface area contributed by atoms with Crippen molar-refractivity contribution >= 4 is 22.5 Å². The Morgan fingerprint density at radius 2 is 1.00 bits per heavy atom. The molecule has 0 saturated heterocycles. The highest BCUT2D eigenvalue weighted by Crippen LogP contribution is 2.38. The second kappa shape index (κ2) is 11.1. The molecule has 0 atom stereocenters. The van der Waals surface area contributed by atoms with E-state index in [0.29, 0.717) is 5.56 Å². The Morgan fingerprint density at radius 1 is 0.553 bits per heavy atom. The molecule has 0 spiro atoms. The lowest BCUT2D eigenvalue weighted by atomic mass is 9.84. The third kappa shape index (κ3) is 5.02. The second-order valence-electron chi connectivity index (χ2n) is 8.81. The van der Waals surface area contributed by atoms with Gasteiger partial charge in [0.2, 0.25) is 0 Å². The Hall–Kier alpha value is -4.83. The van der Waals surface area contributed by atoms with Crippen molar-refractivity contribution in [1.29, 1.82) is 0 Å². The Balaban J connectivity index is 1.79. The average Bonchev–Trinajstić information content (AvgIpc) is 2.99. The first-order valence-electron chi connectivity index (χ1n) is 12.3. The van der Waals surface area contributed by atoms with E-state index in [9.17, 15) is 4.79 Å². The third-order valence-corrected chi connectivity index (χ3v) is 6.67. The molecule has 0 N–H and O–H groups in total. The molecule has 1 aliphatic carbocycles. The molecular formula is C34H28O4. The molecule has 4 heteroatoms. The maximum Gasteiger partial charge on any atom is 0.186 e. The first-order chi connectivity index (χ1) is 18.6. The van der Waals surface area contributed by atoms with Crippen LogP contribution in [0, 0.1) is 0 Å². The zero-order chi connectivity index (χ0) is 26.5. The maximum atomic E-state index is 12.7. The summed E-state index contributed by atoms with van der Waals surface area (Å²) in [6.07, 6.45) is 5.76. The van der Waals surface area contributed by atoms with Gasteiger partial charge in [-0.2, -0.15) is 0 Å². The molecule has 0 bridgehead atoms. The van der Waals surface area contributed by atoms with Crippen LogP contribution in [-0.2, 0) is 0 Å². The van der Waals surface area contributed by atoms with Gasteiger partial charge in [0.25, 0.3) is 0 Å². The molecule has 0 radical (unpaired) electrons. The van der Waals surface area contributed by atoms with Crippen molar-refractivity contribution < 1.29 is 19.0 Å². The number of ether oxygens (including phenoxy) is 3. The molecule has 0 amide bonds. The lowest BCUT2D eigenvalue weighted by Gasteiger charge is -2.19. The fourth-order valence-corrected chi connectivity index (χ4v) is 4.61. The molecule has 0 fully saturated rings. The van der Waals surface area contributed by atoms with Crippen molar-refractivity contribution in [2.75, 3.05) is 21.3 Å². The van der Waals surface area contributed by atoms with Gasteiger partial charge in [0.15, 0.2) is 5.78 Å².